The van der Waals surface area contributed by atoms with Crippen molar-refractivity contribution in [1.29, 1.82) is 0 Å². The Bertz CT molecular complexity index is 531. The van der Waals surface area contributed by atoms with Gasteiger partial charge >= 0.3 is 0 Å². The number of nitrogens with zero attached hydrogens (tertiary/aromatic N) is 3. The standard InChI is InChI=1S/C13H16N4S/c14-13-11(2-1-5-16-13)12-8-15-9-17(12)10-3-6-18-7-4-10/h1-2,5,8-10H,3-4,6-7H2,(H2,14,16). The molecule has 3 heterocycles. The van der Waals surface area contributed by atoms with Crippen molar-refractivity contribution >= 4 is 17.6 Å². The Kier molecular flexibility index (Phi) is 3.23. The number of anilines is 1. The van der Waals surface area contributed by atoms with E-state index in [9.17, 15) is 0 Å². The zero-order chi connectivity index (χ0) is 12.4. The van der Waals surface area contributed by atoms with Crippen LogP contribution in [0.3, 0.4) is 0 Å². The first-order valence-electron chi connectivity index (χ1n) is 6.16. The molecular weight excluding hydrogens is 244 g/mol. The summed E-state index contributed by atoms with van der Waals surface area (Å²) in [6, 6.07) is 4.47. The molecule has 4 nitrogen and oxygen atoms in total. The Labute approximate surface area is 111 Å². The number of nitrogen functional groups attached to an aromatic ring is 1. The van der Waals surface area contributed by atoms with E-state index in [0.29, 0.717) is 11.9 Å². The fourth-order valence-corrected chi connectivity index (χ4v) is 3.48. The van der Waals surface area contributed by atoms with Gasteiger partial charge in [0.1, 0.15) is 5.82 Å². The molecule has 1 fully saturated rings. The Balaban J connectivity index is 1.98. The monoisotopic (exact) mass is 260 g/mol. The van der Waals surface area contributed by atoms with Crippen molar-refractivity contribution in [2.75, 3.05) is 17.2 Å². The van der Waals surface area contributed by atoms with Crippen LogP contribution >= 0.6 is 11.8 Å². The maximum absolute atomic E-state index is 5.95. The first-order valence-corrected chi connectivity index (χ1v) is 7.32. The van der Waals surface area contributed by atoms with Gasteiger partial charge in [0.15, 0.2) is 0 Å². The molecule has 0 radical (unpaired) electrons. The predicted molar refractivity (Wildman–Crippen MR) is 75.5 cm³/mol. The van der Waals surface area contributed by atoms with Gasteiger partial charge in [-0.25, -0.2) is 9.97 Å². The van der Waals surface area contributed by atoms with E-state index in [1.165, 1.54) is 24.3 Å². The average molecular weight is 260 g/mol. The molecular formula is C13H16N4S. The van der Waals surface area contributed by atoms with Crippen molar-refractivity contribution in [3.05, 3.63) is 30.9 Å². The number of thioether (sulfide) groups is 1. The molecule has 18 heavy (non-hydrogen) atoms. The molecule has 1 saturated heterocycles. The maximum atomic E-state index is 5.95. The van der Waals surface area contributed by atoms with Gasteiger partial charge in [0.25, 0.3) is 0 Å². The molecule has 0 bridgehead atoms. The van der Waals surface area contributed by atoms with Crippen LogP contribution in [0, 0.1) is 0 Å². The van der Waals surface area contributed by atoms with Crippen molar-refractivity contribution in [2.24, 2.45) is 0 Å². The molecule has 1 aliphatic rings. The van der Waals surface area contributed by atoms with E-state index in [4.69, 9.17) is 5.73 Å². The van der Waals surface area contributed by atoms with Crippen molar-refractivity contribution in [3.8, 4) is 11.3 Å². The van der Waals surface area contributed by atoms with Crippen molar-refractivity contribution in [1.82, 2.24) is 14.5 Å². The van der Waals surface area contributed by atoms with Gasteiger partial charge in [-0.05, 0) is 36.5 Å². The number of hydrogen-bond donors (Lipinski definition) is 1. The van der Waals surface area contributed by atoms with Gasteiger partial charge in [-0.2, -0.15) is 11.8 Å². The zero-order valence-corrected chi connectivity index (χ0v) is 10.9. The minimum atomic E-state index is 0.545. The van der Waals surface area contributed by atoms with E-state index in [1.54, 1.807) is 6.20 Å². The summed E-state index contributed by atoms with van der Waals surface area (Å²) in [5.74, 6) is 3.03. The van der Waals surface area contributed by atoms with E-state index < -0.39 is 0 Å². The second-order valence-corrected chi connectivity index (χ2v) is 5.69. The highest BCUT2D eigenvalue weighted by Crippen LogP contribution is 2.32. The highest BCUT2D eigenvalue weighted by atomic mass is 32.2. The summed E-state index contributed by atoms with van der Waals surface area (Å²) < 4.78 is 2.26. The number of imidazole rings is 1. The van der Waals surface area contributed by atoms with Crippen LogP contribution < -0.4 is 5.73 Å². The SMILES string of the molecule is Nc1ncccc1-c1cncn1C1CCSCC1. The molecule has 0 atom stereocenters. The van der Waals surface area contributed by atoms with Crippen molar-refractivity contribution in [3.63, 3.8) is 0 Å². The third kappa shape index (κ3) is 2.10. The van der Waals surface area contributed by atoms with Crippen LogP contribution in [-0.4, -0.2) is 26.0 Å². The minimum Gasteiger partial charge on any atom is -0.383 e. The lowest BCUT2D eigenvalue weighted by molar-refractivity contribution is 0.473. The third-order valence-corrected chi connectivity index (χ3v) is 4.41. The quantitative estimate of drug-likeness (QED) is 0.901. The van der Waals surface area contributed by atoms with E-state index in [0.717, 1.165) is 11.3 Å². The fourth-order valence-electron chi connectivity index (χ4n) is 2.40. The normalized spacial score (nSPS) is 16.9. The Morgan fingerprint density at radius 1 is 1.33 bits per heavy atom. The van der Waals surface area contributed by atoms with Crippen LogP contribution in [0.25, 0.3) is 11.3 Å². The largest absolute Gasteiger partial charge is 0.383 e. The Morgan fingerprint density at radius 2 is 2.17 bits per heavy atom. The Morgan fingerprint density at radius 3 is 2.94 bits per heavy atom. The summed E-state index contributed by atoms with van der Waals surface area (Å²) in [6.07, 6.45) is 7.93. The molecule has 0 spiro atoms. The molecule has 2 N–H and O–H groups in total. The van der Waals surface area contributed by atoms with Crippen molar-refractivity contribution in [2.45, 2.75) is 18.9 Å². The van der Waals surface area contributed by atoms with Crippen LogP contribution in [0.2, 0.25) is 0 Å². The predicted octanol–water partition coefficient (Wildman–Crippen LogP) is 2.60. The number of nitrogens with two attached hydrogens (primary N) is 1. The van der Waals surface area contributed by atoms with Gasteiger partial charge in [-0.3, -0.25) is 0 Å². The lowest BCUT2D eigenvalue weighted by Gasteiger charge is -2.24. The van der Waals surface area contributed by atoms with E-state index in [2.05, 4.69) is 14.5 Å². The molecule has 1 aliphatic heterocycles. The number of pyridine rings is 1. The fraction of sp³-hybridized carbons (Fsp3) is 0.385. The van der Waals surface area contributed by atoms with Gasteiger partial charge in [0, 0.05) is 17.8 Å². The van der Waals surface area contributed by atoms with E-state index in [1.807, 2.05) is 36.4 Å². The summed E-state index contributed by atoms with van der Waals surface area (Å²) in [5, 5.41) is 0. The summed E-state index contributed by atoms with van der Waals surface area (Å²) in [6.45, 7) is 0. The molecule has 5 heteroatoms. The second-order valence-electron chi connectivity index (χ2n) is 4.47. The third-order valence-electron chi connectivity index (χ3n) is 3.36. The first-order chi connectivity index (χ1) is 8.86. The highest BCUT2D eigenvalue weighted by molar-refractivity contribution is 7.99. The van der Waals surface area contributed by atoms with Gasteiger partial charge in [-0.1, -0.05) is 0 Å². The van der Waals surface area contributed by atoms with Crippen LogP contribution in [-0.2, 0) is 0 Å². The molecule has 3 rings (SSSR count). The lowest BCUT2D eigenvalue weighted by atomic mass is 10.1. The molecule has 2 aromatic heterocycles. The number of aromatic nitrogens is 3. The van der Waals surface area contributed by atoms with Gasteiger partial charge in [-0.15, -0.1) is 0 Å². The second kappa shape index (κ2) is 5.02. The highest BCUT2D eigenvalue weighted by Gasteiger charge is 2.19. The molecule has 0 aromatic carbocycles. The first kappa shape index (κ1) is 11.6. The Hall–Kier alpha value is -1.49. The average Bonchev–Trinajstić information content (AvgIpc) is 2.89. The number of rotatable bonds is 2. The summed E-state index contributed by atoms with van der Waals surface area (Å²) in [4.78, 5) is 8.44. The van der Waals surface area contributed by atoms with E-state index >= 15 is 0 Å². The van der Waals surface area contributed by atoms with Gasteiger partial charge < -0.3 is 10.3 Å². The van der Waals surface area contributed by atoms with Gasteiger partial charge in [0.05, 0.1) is 18.2 Å². The topological polar surface area (TPSA) is 56.7 Å². The van der Waals surface area contributed by atoms with E-state index in [-0.39, 0.29) is 0 Å². The molecule has 0 aliphatic carbocycles. The van der Waals surface area contributed by atoms with Gasteiger partial charge in [0.2, 0.25) is 0 Å². The van der Waals surface area contributed by atoms with Crippen LogP contribution in [0.4, 0.5) is 5.82 Å². The van der Waals surface area contributed by atoms with Crippen LogP contribution in [0.5, 0.6) is 0 Å². The molecule has 0 saturated carbocycles. The molecule has 0 amide bonds. The summed E-state index contributed by atoms with van der Waals surface area (Å²) >= 11 is 2.03. The van der Waals surface area contributed by atoms with Crippen LogP contribution in [0.15, 0.2) is 30.9 Å². The molecule has 94 valence electrons. The summed E-state index contributed by atoms with van der Waals surface area (Å²) in [7, 11) is 0. The smallest absolute Gasteiger partial charge is 0.132 e. The number of hydrogen-bond acceptors (Lipinski definition) is 4. The van der Waals surface area contributed by atoms with Crippen molar-refractivity contribution < 1.29 is 0 Å². The van der Waals surface area contributed by atoms with Crippen LogP contribution in [0.1, 0.15) is 18.9 Å². The molecule has 0 unspecified atom stereocenters. The lowest BCUT2D eigenvalue weighted by Crippen LogP contribution is -2.15. The molecule has 2 aromatic rings. The summed E-state index contributed by atoms with van der Waals surface area (Å²) in [5.41, 5.74) is 8.01. The zero-order valence-electron chi connectivity index (χ0n) is 10.1. The maximum Gasteiger partial charge on any atom is 0.132 e. The minimum absolute atomic E-state index is 0.545.